The van der Waals surface area contributed by atoms with Crippen molar-refractivity contribution < 1.29 is 22.7 Å². The number of carbonyl (C=O) groups excluding carboxylic acids is 1. The summed E-state index contributed by atoms with van der Waals surface area (Å²) in [4.78, 5) is 12.9. The predicted octanol–water partition coefficient (Wildman–Crippen LogP) is 4.37. The fourth-order valence-electron chi connectivity index (χ4n) is 3.72. The van der Waals surface area contributed by atoms with Crippen LogP contribution in [0.15, 0.2) is 77.7 Å². The molecule has 0 saturated carbocycles. The minimum Gasteiger partial charge on any atom is -0.495 e. The maximum Gasteiger partial charge on any atom is 0.251 e. The molecule has 0 aromatic heterocycles. The molecule has 186 valence electrons. The van der Waals surface area contributed by atoms with E-state index in [-0.39, 0.29) is 28.7 Å². The largest absolute Gasteiger partial charge is 0.495 e. The van der Waals surface area contributed by atoms with Gasteiger partial charge >= 0.3 is 0 Å². The van der Waals surface area contributed by atoms with Crippen molar-refractivity contribution in [3.63, 3.8) is 0 Å². The van der Waals surface area contributed by atoms with Crippen LogP contribution < -0.4 is 10.1 Å². The van der Waals surface area contributed by atoms with Crippen LogP contribution >= 0.6 is 0 Å². The number of amides is 1. The number of rotatable bonds is 12. The molecule has 3 rings (SSSR count). The summed E-state index contributed by atoms with van der Waals surface area (Å²) < 4.78 is 38.6. The van der Waals surface area contributed by atoms with Gasteiger partial charge < -0.3 is 14.8 Å². The highest BCUT2D eigenvalue weighted by atomic mass is 32.2. The van der Waals surface area contributed by atoms with Crippen LogP contribution in [0, 0.1) is 0 Å². The summed E-state index contributed by atoms with van der Waals surface area (Å²) >= 11 is 0. The second-order valence-electron chi connectivity index (χ2n) is 7.88. The van der Waals surface area contributed by atoms with E-state index in [0.717, 1.165) is 16.7 Å². The summed E-state index contributed by atoms with van der Waals surface area (Å²) in [5, 5.41) is 2.89. The summed E-state index contributed by atoms with van der Waals surface area (Å²) in [5.41, 5.74) is 3.24. The summed E-state index contributed by atoms with van der Waals surface area (Å²) in [6, 6.07) is 22.1. The van der Waals surface area contributed by atoms with Gasteiger partial charge in [-0.05, 0) is 34.9 Å². The van der Waals surface area contributed by atoms with E-state index in [1.807, 2.05) is 54.6 Å². The molecule has 0 aliphatic carbocycles. The van der Waals surface area contributed by atoms with Crippen LogP contribution in [0.25, 0.3) is 0 Å². The highest BCUT2D eigenvalue weighted by Gasteiger charge is 2.26. The van der Waals surface area contributed by atoms with E-state index in [1.54, 1.807) is 19.9 Å². The number of ether oxygens (including phenoxy) is 2. The molecule has 0 radical (unpaired) electrons. The van der Waals surface area contributed by atoms with E-state index in [4.69, 9.17) is 9.47 Å². The Morgan fingerprint density at radius 2 is 1.54 bits per heavy atom. The standard InChI is InChI=1S/C27H32N2O5S/c1-4-29(5-2)35(31,32)26-17-22(15-16-25(26)33-3)27(30)28-18-23-13-9-10-14-24(23)20-34-19-21-11-7-6-8-12-21/h6-17H,4-5,18-20H2,1-3H3,(H,28,30). The molecule has 0 aliphatic rings. The lowest BCUT2D eigenvalue weighted by Crippen LogP contribution is -2.31. The van der Waals surface area contributed by atoms with E-state index in [2.05, 4.69) is 5.32 Å². The first-order valence-electron chi connectivity index (χ1n) is 11.6. The third kappa shape index (κ3) is 6.69. The van der Waals surface area contributed by atoms with Gasteiger partial charge in [0.25, 0.3) is 5.91 Å². The molecule has 3 aromatic rings. The van der Waals surface area contributed by atoms with Crippen molar-refractivity contribution in [3.8, 4) is 5.75 Å². The molecule has 0 unspecified atom stereocenters. The highest BCUT2D eigenvalue weighted by molar-refractivity contribution is 7.89. The zero-order valence-corrected chi connectivity index (χ0v) is 21.2. The Labute approximate surface area is 207 Å². The van der Waals surface area contributed by atoms with Gasteiger partial charge in [0.05, 0.1) is 20.3 Å². The van der Waals surface area contributed by atoms with Gasteiger partial charge in [0.15, 0.2) is 0 Å². The van der Waals surface area contributed by atoms with Crippen LogP contribution in [0.2, 0.25) is 0 Å². The van der Waals surface area contributed by atoms with Crippen molar-refractivity contribution in [2.75, 3.05) is 20.2 Å². The summed E-state index contributed by atoms with van der Waals surface area (Å²) in [6.45, 7) is 5.38. The number of nitrogens with one attached hydrogen (secondary N) is 1. The van der Waals surface area contributed by atoms with Crippen molar-refractivity contribution in [1.29, 1.82) is 0 Å². The van der Waals surface area contributed by atoms with Crippen molar-refractivity contribution >= 4 is 15.9 Å². The number of sulfonamides is 1. The monoisotopic (exact) mass is 496 g/mol. The Kier molecular flexibility index (Phi) is 9.42. The number of nitrogens with zero attached hydrogens (tertiary/aromatic N) is 1. The van der Waals surface area contributed by atoms with Crippen molar-refractivity contribution in [1.82, 2.24) is 9.62 Å². The zero-order chi connectivity index (χ0) is 25.3. The van der Waals surface area contributed by atoms with Gasteiger partial charge in [0.1, 0.15) is 10.6 Å². The predicted molar refractivity (Wildman–Crippen MR) is 136 cm³/mol. The fraction of sp³-hybridized carbons (Fsp3) is 0.296. The summed E-state index contributed by atoms with van der Waals surface area (Å²) in [5.74, 6) is -0.169. The first-order chi connectivity index (χ1) is 16.9. The van der Waals surface area contributed by atoms with E-state index in [9.17, 15) is 13.2 Å². The zero-order valence-electron chi connectivity index (χ0n) is 20.4. The first-order valence-corrected chi connectivity index (χ1v) is 13.0. The average molecular weight is 497 g/mol. The minimum atomic E-state index is -3.80. The number of benzene rings is 3. The van der Waals surface area contributed by atoms with Gasteiger partial charge in [-0.25, -0.2) is 8.42 Å². The molecule has 0 heterocycles. The van der Waals surface area contributed by atoms with E-state index < -0.39 is 10.0 Å². The van der Waals surface area contributed by atoms with Crippen molar-refractivity contribution in [2.45, 2.75) is 38.5 Å². The Morgan fingerprint density at radius 3 is 2.20 bits per heavy atom. The van der Waals surface area contributed by atoms with Crippen molar-refractivity contribution in [3.05, 3.63) is 95.1 Å². The molecule has 7 nitrogen and oxygen atoms in total. The number of methoxy groups -OCH3 is 1. The van der Waals surface area contributed by atoms with Gasteiger partial charge in [-0.2, -0.15) is 4.31 Å². The van der Waals surface area contributed by atoms with Gasteiger partial charge in [0, 0.05) is 25.2 Å². The molecule has 0 fully saturated rings. The summed E-state index contributed by atoms with van der Waals surface area (Å²) in [6.07, 6.45) is 0. The number of hydrogen-bond acceptors (Lipinski definition) is 5. The van der Waals surface area contributed by atoms with Crippen LogP contribution in [-0.4, -0.2) is 38.8 Å². The molecule has 0 spiro atoms. The molecule has 8 heteroatoms. The smallest absolute Gasteiger partial charge is 0.251 e. The number of hydrogen-bond donors (Lipinski definition) is 1. The van der Waals surface area contributed by atoms with Gasteiger partial charge in [-0.1, -0.05) is 68.4 Å². The fourth-order valence-corrected chi connectivity index (χ4v) is 5.36. The number of carbonyl (C=O) groups is 1. The third-order valence-electron chi connectivity index (χ3n) is 5.68. The Bertz CT molecular complexity index is 1230. The summed E-state index contributed by atoms with van der Waals surface area (Å²) in [7, 11) is -2.39. The SMILES string of the molecule is CCN(CC)S(=O)(=O)c1cc(C(=O)NCc2ccccc2COCc2ccccc2)ccc1OC. The quantitative estimate of drug-likeness (QED) is 0.402. The Morgan fingerprint density at radius 1 is 0.886 bits per heavy atom. The van der Waals surface area contributed by atoms with Gasteiger partial charge in [-0.3, -0.25) is 4.79 Å². The van der Waals surface area contributed by atoms with E-state index in [0.29, 0.717) is 26.3 Å². The lowest BCUT2D eigenvalue weighted by atomic mass is 10.1. The molecule has 0 aliphatic heterocycles. The molecule has 0 bridgehead atoms. The first kappa shape index (κ1) is 26.4. The Hall–Kier alpha value is -3.20. The maximum atomic E-state index is 13.1. The third-order valence-corrected chi connectivity index (χ3v) is 7.75. The molecular formula is C27H32N2O5S. The maximum absolute atomic E-state index is 13.1. The van der Waals surface area contributed by atoms with Gasteiger partial charge in [0.2, 0.25) is 10.0 Å². The van der Waals surface area contributed by atoms with Crippen molar-refractivity contribution in [2.24, 2.45) is 0 Å². The molecular weight excluding hydrogens is 464 g/mol. The lowest BCUT2D eigenvalue weighted by molar-refractivity contribution is 0.0947. The topological polar surface area (TPSA) is 84.9 Å². The second kappa shape index (κ2) is 12.5. The molecule has 1 amide bonds. The van der Waals surface area contributed by atoms with Crippen LogP contribution in [0.1, 0.15) is 40.9 Å². The molecule has 35 heavy (non-hydrogen) atoms. The normalized spacial score (nSPS) is 11.4. The Balaban J connectivity index is 1.71. The van der Waals surface area contributed by atoms with Crippen LogP contribution in [-0.2, 0) is 34.5 Å². The van der Waals surface area contributed by atoms with E-state index in [1.165, 1.54) is 23.5 Å². The second-order valence-corrected chi connectivity index (χ2v) is 9.79. The highest BCUT2D eigenvalue weighted by Crippen LogP contribution is 2.28. The van der Waals surface area contributed by atoms with Crippen LogP contribution in [0.3, 0.4) is 0 Å². The van der Waals surface area contributed by atoms with Crippen LogP contribution in [0.4, 0.5) is 0 Å². The molecule has 3 aromatic carbocycles. The lowest BCUT2D eigenvalue weighted by Gasteiger charge is -2.20. The van der Waals surface area contributed by atoms with Gasteiger partial charge in [-0.15, -0.1) is 0 Å². The molecule has 0 atom stereocenters. The van der Waals surface area contributed by atoms with E-state index >= 15 is 0 Å². The molecule has 1 N–H and O–H groups in total. The van der Waals surface area contributed by atoms with Crippen LogP contribution in [0.5, 0.6) is 5.75 Å². The molecule has 0 saturated heterocycles. The average Bonchev–Trinajstić information content (AvgIpc) is 2.88. The minimum absolute atomic E-state index is 0.0222.